The summed E-state index contributed by atoms with van der Waals surface area (Å²) in [6, 6.07) is 9.30. The van der Waals surface area contributed by atoms with Gasteiger partial charge in [0.1, 0.15) is 5.69 Å². The number of ether oxygens (including phenoxy) is 1. The summed E-state index contributed by atoms with van der Waals surface area (Å²) >= 11 is 0. The second-order valence-corrected chi connectivity index (χ2v) is 5.49. The van der Waals surface area contributed by atoms with Crippen LogP contribution in [0.25, 0.3) is 10.9 Å². The Morgan fingerprint density at radius 2 is 2.04 bits per heavy atom. The van der Waals surface area contributed by atoms with E-state index >= 15 is 0 Å². The number of methoxy groups -OCH3 is 1. The van der Waals surface area contributed by atoms with Crippen LogP contribution in [0.2, 0.25) is 0 Å². The second-order valence-electron chi connectivity index (χ2n) is 5.49. The molecule has 128 valence electrons. The molecule has 2 heterocycles. The highest BCUT2D eigenvalue weighted by Crippen LogP contribution is 2.20. The van der Waals surface area contributed by atoms with Crippen LogP contribution in [0.5, 0.6) is 0 Å². The van der Waals surface area contributed by atoms with Crippen LogP contribution in [0.4, 0.5) is 5.69 Å². The number of nitrogens with one attached hydrogen (secondary N) is 2. The molecule has 1 aromatic carbocycles. The van der Waals surface area contributed by atoms with Crippen molar-refractivity contribution in [2.75, 3.05) is 12.4 Å². The van der Waals surface area contributed by atoms with Crippen molar-refractivity contribution >= 4 is 22.5 Å². The summed E-state index contributed by atoms with van der Waals surface area (Å²) < 4.78 is 6.19. The van der Waals surface area contributed by atoms with Gasteiger partial charge in [0.25, 0.3) is 11.5 Å². The first-order valence-corrected chi connectivity index (χ1v) is 7.48. The van der Waals surface area contributed by atoms with Crippen LogP contribution in [0, 0.1) is 0 Å². The SMILES string of the molecule is COCc1cc(=O)[nH]c2cc(NC(=O)c3ccc(=O)n(C)n3)ccc12. The average molecular weight is 340 g/mol. The molecular formula is C17H16N4O4. The zero-order valence-electron chi connectivity index (χ0n) is 13.7. The molecule has 0 fully saturated rings. The van der Waals surface area contributed by atoms with Gasteiger partial charge in [-0.2, -0.15) is 5.10 Å². The number of carbonyl (C=O) groups excluding carboxylic acids is 1. The van der Waals surface area contributed by atoms with Crippen molar-refractivity contribution in [2.45, 2.75) is 6.61 Å². The minimum absolute atomic E-state index is 0.115. The van der Waals surface area contributed by atoms with E-state index in [9.17, 15) is 14.4 Å². The first kappa shape index (κ1) is 16.6. The number of fused-ring (bicyclic) bond motifs is 1. The van der Waals surface area contributed by atoms with Gasteiger partial charge >= 0.3 is 0 Å². The Morgan fingerprint density at radius 1 is 1.24 bits per heavy atom. The van der Waals surface area contributed by atoms with Crippen molar-refractivity contribution in [3.8, 4) is 0 Å². The molecule has 0 aliphatic carbocycles. The highest BCUT2D eigenvalue weighted by Gasteiger charge is 2.10. The number of nitrogens with zero attached hydrogens (tertiary/aromatic N) is 2. The molecule has 0 saturated heterocycles. The Balaban J connectivity index is 1.93. The molecule has 3 aromatic rings. The predicted molar refractivity (Wildman–Crippen MR) is 92.7 cm³/mol. The Kier molecular flexibility index (Phi) is 4.44. The van der Waals surface area contributed by atoms with E-state index < -0.39 is 5.91 Å². The van der Waals surface area contributed by atoms with Gasteiger partial charge in [-0.3, -0.25) is 14.4 Å². The molecule has 8 heteroatoms. The van der Waals surface area contributed by atoms with Gasteiger partial charge in [0.15, 0.2) is 0 Å². The molecule has 0 atom stereocenters. The van der Waals surface area contributed by atoms with Gasteiger partial charge in [0.2, 0.25) is 5.56 Å². The van der Waals surface area contributed by atoms with E-state index in [2.05, 4.69) is 15.4 Å². The van der Waals surface area contributed by atoms with Crippen molar-refractivity contribution in [2.24, 2.45) is 7.05 Å². The molecule has 0 aliphatic rings. The Hall–Kier alpha value is -3.26. The normalized spacial score (nSPS) is 10.8. The lowest BCUT2D eigenvalue weighted by Crippen LogP contribution is -2.23. The third-order valence-electron chi connectivity index (χ3n) is 3.68. The lowest BCUT2D eigenvalue weighted by atomic mass is 10.1. The molecule has 2 N–H and O–H groups in total. The lowest BCUT2D eigenvalue weighted by Gasteiger charge is -2.09. The van der Waals surface area contributed by atoms with Crippen LogP contribution in [-0.4, -0.2) is 27.8 Å². The molecule has 0 aliphatic heterocycles. The Morgan fingerprint density at radius 3 is 2.76 bits per heavy atom. The molecule has 0 unspecified atom stereocenters. The number of aromatic amines is 1. The fourth-order valence-corrected chi connectivity index (χ4v) is 2.50. The number of carbonyl (C=O) groups is 1. The van der Waals surface area contributed by atoms with Crippen LogP contribution >= 0.6 is 0 Å². The first-order chi connectivity index (χ1) is 12.0. The molecule has 25 heavy (non-hydrogen) atoms. The zero-order chi connectivity index (χ0) is 18.0. The number of H-pyrrole nitrogens is 1. The summed E-state index contributed by atoms with van der Waals surface area (Å²) in [6.45, 7) is 0.314. The second kappa shape index (κ2) is 6.70. The maximum absolute atomic E-state index is 12.3. The number of hydrogen-bond donors (Lipinski definition) is 2. The zero-order valence-corrected chi connectivity index (χ0v) is 13.7. The van der Waals surface area contributed by atoms with Gasteiger partial charge in [0.05, 0.1) is 12.1 Å². The number of benzene rings is 1. The highest BCUT2D eigenvalue weighted by molar-refractivity contribution is 6.03. The molecule has 0 bridgehead atoms. The number of amides is 1. The van der Waals surface area contributed by atoms with Gasteiger partial charge in [-0.15, -0.1) is 0 Å². The first-order valence-electron chi connectivity index (χ1n) is 7.48. The molecule has 1 amide bonds. The van der Waals surface area contributed by atoms with Crippen molar-refractivity contribution in [1.29, 1.82) is 0 Å². The molecule has 0 spiro atoms. The molecule has 3 rings (SSSR count). The summed E-state index contributed by atoms with van der Waals surface area (Å²) in [5, 5.41) is 7.43. The topological polar surface area (TPSA) is 106 Å². The van der Waals surface area contributed by atoms with Crippen molar-refractivity contribution in [1.82, 2.24) is 14.8 Å². The minimum atomic E-state index is -0.453. The number of aromatic nitrogens is 3. The molecule has 2 aromatic heterocycles. The summed E-state index contributed by atoms with van der Waals surface area (Å²) in [5.74, 6) is -0.453. The molecular weight excluding hydrogens is 324 g/mol. The fraction of sp³-hybridized carbons (Fsp3) is 0.176. The van der Waals surface area contributed by atoms with Crippen LogP contribution < -0.4 is 16.4 Å². The molecule has 0 radical (unpaired) electrons. The number of anilines is 1. The van der Waals surface area contributed by atoms with E-state index in [1.54, 1.807) is 25.3 Å². The van der Waals surface area contributed by atoms with E-state index in [1.807, 2.05) is 0 Å². The lowest BCUT2D eigenvalue weighted by molar-refractivity contribution is 0.102. The number of aryl methyl sites for hydroxylation is 1. The largest absolute Gasteiger partial charge is 0.380 e. The highest BCUT2D eigenvalue weighted by atomic mass is 16.5. The maximum atomic E-state index is 12.3. The number of hydrogen-bond acceptors (Lipinski definition) is 5. The third-order valence-corrected chi connectivity index (χ3v) is 3.68. The quantitative estimate of drug-likeness (QED) is 0.737. The van der Waals surface area contributed by atoms with E-state index in [0.717, 1.165) is 15.6 Å². The third kappa shape index (κ3) is 3.48. The van der Waals surface area contributed by atoms with Gasteiger partial charge in [0, 0.05) is 37.4 Å². The predicted octanol–water partition coefficient (Wildman–Crippen LogP) is 1.02. The standard InChI is InChI=1S/C17H16N4O4/c1-21-16(23)6-5-13(20-21)17(24)18-11-3-4-12-10(9-25-2)7-15(22)19-14(12)8-11/h3-8H,9H2,1-2H3,(H,18,24)(H,19,22). The van der Waals surface area contributed by atoms with Crippen LogP contribution in [0.3, 0.4) is 0 Å². The van der Waals surface area contributed by atoms with Gasteiger partial charge in [-0.25, -0.2) is 4.68 Å². The van der Waals surface area contributed by atoms with E-state index in [-0.39, 0.29) is 16.8 Å². The number of pyridine rings is 1. The summed E-state index contributed by atoms with van der Waals surface area (Å²) in [4.78, 5) is 38.1. The summed E-state index contributed by atoms with van der Waals surface area (Å²) in [7, 11) is 3.03. The summed E-state index contributed by atoms with van der Waals surface area (Å²) in [5.41, 5.74) is 1.42. The van der Waals surface area contributed by atoms with E-state index in [4.69, 9.17) is 4.74 Å². The summed E-state index contributed by atoms with van der Waals surface area (Å²) in [6.07, 6.45) is 0. The van der Waals surface area contributed by atoms with Crippen molar-refractivity contribution in [3.63, 3.8) is 0 Å². The van der Waals surface area contributed by atoms with Crippen LogP contribution in [0.1, 0.15) is 16.1 Å². The fourth-order valence-electron chi connectivity index (χ4n) is 2.50. The average Bonchev–Trinajstić information content (AvgIpc) is 2.57. The maximum Gasteiger partial charge on any atom is 0.276 e. The Labute approximate surface area is 142 Å². The number of rotatable bonds is 4. The molecule has 0 saturated carbocycles. The van der Waals surface area contributed by atoms with Gasteiger partial charge < -0.3 is 15.0 Å². The van der Waals surface area contributed by atoms with Crippen LogP contribution in [0.15, 0.2) is 46.0 Å². The van der Waals surface area contributed by atoms with Gasteiger partial charge in [-0.05, 0) is 23.8 Å². The monoisotopic (exact) mass is 340 g/mol. The van der Waals surface area contributed by atoms with Crippen LogP contribution in [-0.2, 0) is 18.4 Å². The smallest absolute Gasteiger partial charge is 0.276 e. The van der Waals surface area contributed by atoms with Crippen molar-refractivity contribution < 1.29 is 9.53 Å². The minimum Gasteiger partial charge on any atom is -0.380 e. The Bertz CT molecular complexity index is 1070. The molecule has 8 nitrogen and oxygen atoms in total. The van der Waals surface area contributed by atoms with E-state index in [0.29, 0.717) is 17.8 Å². The van der Waals surface area contributed by atoms with Crippen molar-refractivity contribution in [3.05, 3.63) is 68.4 Å². The van der Waals surface area contributed by atoms with E-state index in [1.165, 1.54) is 25.2 Å². The van der Waals surface area contributed by atoms with Gasteiger partial charge in [-0.1, -0.05) is 6.07 Å².